The van der Waals surface area contributed by atoms with Crippen molar-refractivity contribution in [1.29, 1.82) is 0 Å². The Morgan fingerprint density at radius 2 is 1.88 bits per heavy atom. The Morgan fingerprint density at radius 1 is 1.12 bits per heavy atom. The molecule has 0 aliphatic heterocycles. The van der Waals surface area contributed by atoms with Gasteiger partial charge in [-0.05, 0) is 25.0 Å². The Morgan fingerprint density at radius 3 is 2.53 bits per heavy atom. The third kappa shape index (κ3) is 5.88. The van der Waals surface area contributed by atoms with Crippen molar-refractivity contribution in [2.45, 2.75) is 20.4 Å². The molecule has 0 aliphatic rings. The largest absolute Gasteiger partial charge is 0.309 e. The number of hydrogen-bond donors (Lipinski definition) is 1. The Hall–Kier alpha value is -1.60. The fourth-order valence-corrected chi connectivity index (χ4v) is 1.53. The minimum absolute atomic E-state index is 0.893. The van der Waals surface area contributed by atoms with Crippen molar-refractivity contribution in [1.82, 2.24) is 5.32 Å². The summed E-state index contributed by atoms with van der Waals surface area (Å²) in [6.07, 6.45) is 10.6. The molecule has 0 unspecified atom stereocenters. The Bertz CT molecular complexity index is 385. The van der Waals surface area contributed by atoms with Gasteiger partial charge in [0.25, 0.3) is 0 Å². The highest BCUT2D eigenvalue weighted by Crippen LogP contribution is 1.99. The zero-order valence-corrected chi connectivity index (χ0v) is 10.7. The van der Waals surface area contributed by atoms with E-state index in [1.54, 1.807) is 0 Å². The average Bonchev–Trinajstić information content (AvgIpc) is 2.38. The number of benzene rings is 1. The van der Waals surface area contributed by atoms with Crippen LogP contribution >= 0.6 is 0 Å². The lowest BCUT2D eigenvalue weighted by Gasteiger charge is -2.01. The van der Waals surface area contributed by atoms with Crippen LogP contribution in [0.15, 0.2) is 66.3 Å². The normalized spacial score (nSPS) is 12.7. The molecule has 17 heavy (non-hydrogen) atoms. The van der Waals surface area contributed by atoms with E-state index in [0.29, 0.717) is 0 Å². The average molecular weight is 227 g/mol. The van der Waals surface area contributed by atoms with E-state index in [1.165, 1.54) is 11.1 Å². The first-order valence-electron chi connectivity index (χ1n) is 6.07. The van der Waals surface area contributed by atoms with E-state index in [0.717, 1.165) is 13.1 Å². The first-order chi connectivity index (χ1) is 8.36. The highest BCUT2D eigenvalue weighted by atomic mass is 14.8. The molecule has 1 aromatic carbocycles. The summed E-state index contributed by atoms with van der Waals surface area (Å²) in [6, 6.07) is 10.4. The van der Waals surface area contributed by atoms with Crippen LogP contribution in [0.5, 0.6) is 0 Å². The van der Waals surface area contributed by atoms with Crippen molar-refractivity contribution < 1.29 is 0 Å². The summed E-state index contributed by atoms with van der Waals surface area (Å²) < 4.78 is 0. The van der Waals surface area contributed by atoms with Gasteiger partial charge in [-0.25, -0.2) is 0 Å². The molecule has 0 saturated carbocycles. The molecule has 0 fully saturated rings. The molecule has 1 aromatic rings. The van der Waals surface area contributed by atoms with Gasteiger partial charge >= 0.3 is 0 Å². The molecular formula is C16H21N. The van der Waals surface area contributed by atoms with Crippen LogP contribution in [0.2, 0.25) is 0 Å². The smallest absolute Gasteiger partial charge is 0.0208 e. The number of nitrogens with one attached hydrogen (secondary N) is 1. The molecule has 0 aromatic heterocycles. The van der Waals surface area contributed by atoms with E-state index in [-0.39, 0.29) is 0 Å². The number of allylic oxidation sites excluding steroid dienone is 5. The summed E-state index contributed by atoms with van der Waals surface area (Å²) in [5.41, 5.74) is 2.56. The van der Waals surface area contributed by atoms with Crippen LogP contribution < -0.4 is 5.32 Å². The maximum absolute atomic E-state index is 3.39. The zero-order valence-electron chi connectivity index (χ0n) is 10.7. The molecule has 90 valence electrons. The van der Waals surface area contributed by atoms with Crippen molar-refractivity contribution in [3.05, 3.63) is 71.8 Å². The lowest BCUT2D eigenvalue weighted by molar-refractivity contribution is 0.759. The summed E-state index contributed by atoms with van der Waals surface area (Å²) in [5, 5.41) is 3.39. The molecule has 1 heteroatoms. The van der Waals surface area contributed by atoms with Crippen LogP contribution in [0.1, 0.15) is 19.4 Å². The van der Waals surface area contributed by atoms with Crippen molar-refractivity contribution in [2.24, 2.45) is 0 Å². The van der Waals surface area contributed by atoms with Gasteiger partial charge in [-0.3, -0.25) is 0 Å². The molecule has 0 bridgehead atoms. The monoisotopic (exact) mass is 227 g/mol. The van der Waals surface area contributed by atoms with Crippen LogP contribution in [0.4, 0.5) is 0 Å². The highest BCUT2D eigenvalue weighted by molar-refractivity contribution is 5.29. The van der Waals surface area contributed by atoms with Crippen LogP contribution in [0.25, 0.3) is 0 Å². The van der Waals surface area contributed by atoms with Crippen LogP contribution in [0, 0.1) is 0 Å². The first-order valence-corrected chi connectivity index (χ1v) is 6.07. The molecule has 0 aliphatic carbocycles. The Labute approximate surface area is 105 Å². The van der Waals surface area contributed by atoms with E-state index in [4.69, 9.17) is 0 Å². The zero-order chi connectivity index (χ0) is 12.3. The van der Waals surface area contributed by atoms with E-state index < -0.39 is 0 Å². The van der Waals surface area contributed by atoms with E-state index in [9.17, 15) is 0 Å². The molecule has 0 atom stereocenters. The van der Waals surface area contributed by atoms with Crippen LogP contribution in [-0.4, -0.2) is 6.54 Å². The molecule has 1 rings (SSSR count). The first kappa shape index (κ1) is 13.5. The van der Waals surface area contributed by atoms with Gasteiger partial charge in [0.2, 0.25) is 0 Å². The van der Waals surface area contributed by atoms with Gasteiger partial charge in [-0.15, -0.1) is 0 Å². The summed E-state index contributed by atoms with van der Waals surface area (Å²) >= 11 is 0. The summed E-state index contributed by atoms with van der Waals surface area (Å²) in [7, 11) is 0. The molecule has 0 radical (unpaired) electrons. The third-order valence-corrected chi connectivity index (χ3v) is 2.44. The SMILES string of the molecule is C\C=C/C(/C=C/CNCc1ccccc1)=C\C. The van der Waals surface area contributed by atoms with Crippen molar-refractivity contribution in [2.75, 3.05) is 6.54 Å². The van der Waals surface area contributed by atoms with Gasteiger partial charge in [0.1, 0.15) is 0 Å². The van der Waals surface area contributed by atoms with Gasteiger partial charge in [-0.2, -0.15) is 0 Å². The molecule has 1 nitrogen and oxygen atoms in total. The molecule has 1 N–H and O–H groups in total. The third-order valence-electron chi connectivity index (χ3n) is 2.44. The quantitative estimate of drug-likeness (QED) is 0.575. The van der Waals surface area contributed by atoms with Crippen molar-refractivity contribution in [3.8, 4) is 0 Å². The maximum Gasteiger partial charge on any atom is 0.0208 e. The summed E-state index contributed by atoms with van der Waals surface area (Å²) in [5.74, 6) is 0. The van der Waals surface area contributed by atoms with Gasteiger partial charge in [-0.1, -0.05) is 60.7 Å². The van der Waals surface area contributed by atoms with Crippen LogP contribution in [0.3, 0.4) is 0 Å². The summed E-state index contributed by atoms with van der Waals surface area (Å²) in [6.45, 7) is 5.89. The Balaban J connectivity index is 2.26. The van der Waals surface area contributed by atoms with Crippen molar-refractivity contribution >= 4 is 0 Å². The van der Waals surface area contributed by atoms with Gasteiger partial charge < -0.3 is 5.32 Å². The van der Waals surface area contributed by atoms with E-state index in [1.807, 2.05) is 13.0 Å². The minimum Gasteiger partial charge on any atom is -0.309 e. The van der Waals surface area contributed by atoms with E-state index >= 15 is 0 Å². The Kier molecular flexibility index (Phi) is 6.76. The fraction of sp³-hybridized carbons (Fsp3) is 0.250. The van der Waals surface area contributed by atoms with Crippen molar-refractivity contribution in [3.63, 3.8) is 0 Å². The second-order valence-corrected chi connectivity index (χ2v) is 3.81. The molecule has 0 amide bonds. The standard InChI is InChI=1S/C16H21N/c1-3-9-15(4-2)12-8-13-17-14-16-10-6-5-7-11-16/h3-12,17H,13-14H2,1-2H3/b9-3-,12-8+,15-4+. The number of rotatable bonds is 6. The molecule has 0 spiro atoms. The van der Waals surface area contributed by atoms with E-state index in [2.05, 4.69) is 66.9 Å². The lowest BCUT2D eigenvalue weighted by Crippen LogP contribution is -2.12. The predicted octanol–water partition coefficient (Wildman–Crippen LogP) is 3.85. The second kappa shape index (κ2) is 8.54. The van der Waals surface area contributed by atoms with Crippen LogP contribution in [-0.2, 0) is 6.54 Å². The lowest BCUT2D eigenvalue weighted by atomic mass is 10.2. The number of hydrogen-bond acceptors (Lipinski definition) is 1. The topological polar surface area (TPSA) is 12.0 Å². The van der Waals surface area contributed by atoms with Gasteiger partial charge in [0.15, 0.2) is 0 Å². The highest BCUT2D eigenvalue weighted by Gasteiger charge is 1.88. The van der Waals surface area contributed by atoms with Gasteiger partial charge in [0.05, 0.1) is 0 Å². The fourth-order valence-electron chi connectivity index (χ4n) is 1.53. The minimum atomic E-state index is 0.893. The molecule has 0 heterocycles. The van der Waals surface area contributed by atoms with Gasteiger partial charge in [0, 0.05) is 13.1 Å². The maximum atomic E-state index is 3.39. The molecule has 0 saturated heterocycles. The molecular weight excluding hydrogens is 206 g/mol. The predicted molar refractivity (Wildman–Crippen MR) is 75.9 cm³/mol. The second-order valence-electron chi connectivity index (χ2n) is 3.81. The summed E-state index contributed by atoms with van der Waals surface area (Å²) in [4.78, 5) is 0.